The fourth-order valence-electron chi connectivity index (χ4n) is 2.55. The van der Waals surface area contributed by atoms with Crippen molar-refractivity contribution in [3.63, 3.8) is 0 Å². The van der Waals surface area contributed by atoms with Gasteiger partial charge in [-0.1, -0.05) is 6.07 Å². The predicted octanol–water partition coefficient (Wildman–Crippen LogP) is 2.53. The summed E-state index contributed by atoms with van der Waals surface area (Å²) in [7, 11) is 0. The number of fused-ring (bicyclic) bond motifs is 1. The zero-order valence-electron chi connectivity index (χ0n) is 11.3. The normalized spacial score (nSPS) is 18.1. The van der Waals surface area contributed by atoms with Crippen LogP contribution in [0.25, 0.3) is 0 Å². The molecule has 1 N–H and O–H groups in total. The standard InChI is InChI=1S/C15H18FN3O/c16-12-3-4-13-14(2-1-9-20-15(13)10-12)18-6-8-19-7-5-17-11-19/h3-5,7,10-11,14,18H,1-2,6,8-9H2. The van der Waals surface area contributed by atoms with Crippen molar-refractivity contribution in [3.8, 4) is 5.75 Å². The van der Waals surface area contributed by atoms with Crippen LogP contribution < -0.4 is 10.1 Å². The van der Waals surface area contributed by atoms with Crippen molar-refractivity contribution in [1.29, 1.82) is 0 Å². The summed E-state index contributed by atoms with van der Waals surface area (Å²) in [6.07, 6.45) is 7.50. The van der Waals surface area contributed by atoms with Crippen molar-refractivity contribution in [2.75, 3.05) is 13.2 Å². The highest BCUT2D eigenvalue weighted by Crippen LogP contribution is 2.31. The molecule has 1 aromatic heterocycles. The van der Waals surface area contributed by atoms with Gasteiger partial charge < -0.3 is 14.6 Å². The third kappa shape index (κ3) is 2.99. The molecule has 1 atom stereocenters. The first-order chi connectivity index (χ1) is 9.83. The van der Waals surface area contributed by atoms with Crippen molar-refractivity contribution in [2.45, 2.75) is 25.4 Å². The van der Waals surface area contributed by atoms with Crippen molar-refractivity contribution in [3.05, 3.63) is 48.3 Å². The van der Waals surface area contributed by atoms with Crippen LogP contribution >= 0.6 is 0 Å². The van der Waals surface area contributed by atoms with Gasteiger partial charge in [-0.2, -0.15) is 0 Å². The Bertz CT molecular complexity index is 556. The number of benzene rings is 1. The maximum atomic E-state index is 13.3. The number of aromatic nitrogens is 2. The summed E-state index contributed by atoms with van der Waals surface area (Å²) in [5.41, 5.74) is 1.05. The molecule has 4 nitrogen and oxygen atoms in total. The van der Waals surface area contributed by atoms with E-state index in [1.54, 1.807) is 12.5 Å². The number of hydrogen-bond donors (Lipinski definition) is 1. The van der Waals surface area contributed by atoms with Crippen LogP contribution in [-0.2, 0) is 6.54 Å². The summed E-state index contributed by atoms with van der Waals surface area (Å²) < 4.78 is 20.9. The van der Waals surface area contributed by atoms with Gasteiger partial charge in [0.25, 0.3) is 0 Å². The van der Waals surface area contributed by atoms with Crippen LogP contribution in [0.3, 0.4) is 0 Å². The molecule has 3 rings (SSSR count). The van der Waals surface area contributed by atoms with E-state index in [0.29, 0.717) is 12.4 Å². The number of halogens is 1. The van der Waals surface area contributed by atoms with E-state index in [9.17, 15) is 4.39 Å². The van der Waals surface area contributed by atoms with Gasteiger partial charge in [-0.05, 0) is 18.9 Å². The zero-order valence-corrected chi connectivity index (χ0v) is 11.3. The molecular formula is C15H18FN3O. The molecule has 0 amide bonds. The van der Waals surface area contributed by atoms with Crippen LogP contribution in [0.5, 0.6) is 5.75 Å². The van der Waals surface area contributed by atoms with Crippen LogP contribution in [0.4, 0.5) is 4.39 Å². The summed E-state index contributed by atoms with van der Waals surface area (Å²) in [5, 5.41) is 3.52. The molecular weight excluding hydrogens is 257 g/mol. The second kappa shape index (κ2) is 6.05. The van der Waals surface area contributed by atoms with E-state index in [1.807, 2.05) is 16.8 Å². The topological polar surface area (TPSA) is 39.1 Å². The summed E-state index contributed by atoms with van der Waals surface area (Å²) in [6.45, 7) is 2.36. The molecule has 0 fully saturated rings. The minimum Gasteiger partial charge on any atom is -0.493 e. The summed E-state index contributed by atoms with van der Waals surface area (Å²) in [6, 6.07) is 5.02. The average Bonchev–Trinajstić information content (AvgIpc) is 2.87. The first kappa shape index (κ1) is 13.1. The number of imidazole rings is 1. The molecule has 1 aliphatic rings. The highest BCUT2D eigenvalue weighted by atomic mass is 19.1. The molecule has 0 radical (unpaired) electrons. The molecule has 1 aromatic carbocycles. The molecule has 0 bridgehead atoms. The van der Waals surface area contributed by atoms with Crippen LogP contribution in [0.2, 0.25) is 0 Å². The van der Waals surface area contributed by atoms with Crippen molar-refractivity contribution in [1.82, 2.24) is 14.9 Å². The largest absolute Gasteiger partial charge is 0.493 e. The van der Waals surface area contributed by atoms with Crippen molar-refractivity contribution in [2.24, 2.45) is 0 Å². The monoisotopic (exact) mass is 275 g/mol. The van der Waals surface area contributed by atoms with E-state index >= 15 is 0 Å². The summed E-state index contributed by atoms with van der Waals surface area (Å²) >= 11 is 0. The van der Waals surface area contributed by atoms with E-state index in [1.165, 1.54) is 12.1 Å². The third-order valence-electron chi connectivity index (χ3n) is 3.57. The van der Waals surface area contributed by atoms with Crippen LogP contribution in [-0.4, -0.2) is 22.7 Å². The number of rotatable bonds is 4. The van der Waals surface area contributed by atoms with E-state index in [4.69, 9.17) is 4.74 Å². The Labute approximate surface area is 117 Å². The van der Waals surface area contributed by atoms with Gasteiger partial charge in [0.05, 0.1) is 12.9 Å². The zero-order chi connectivity index (χ0) is 13.8. The fraction of sp³-hybridized carbons (Fsp3) is 0.400. The molecule has 2 aromatic rings. The summed E-state index contributed by atoms with van der Waals surface area (Å²) in [5.74, 6) is 0.422. The Balaban J connectivity index is 1.67. The number of nitrogens with one attached hydrogen (secondary N) is 1. The van der Waals surface area contributed by atoms with Crippen LogP contribution in [0.15, 0.2) is 36.9 Å². The van der Waals surface area contributed by atoms with Gasteiger partial charge in [-0.15, -0.1) is 0 Å². The van der Waals surface area contributed by atoms with Gasteiger partial charge in [0.15, 0.2) is 0 Å². The molecule has 0 saturated heterocycles. The van der Waals surface area contributed by atoms with Crippen LogP contribution in [0, 0.1) is 5.82 Å². The molecule has 2 heterocycles. The van der Waals surface area contributed by atoms with Gasteiger partial charge in [0.2, 0.25) is 0 Å². The van der Waals surface area contributed by atoms with E-state index in [2.05, 4.69) is 10.3 Å². The molecule has 1 unspecified atom stereocenters. The van der Waals surface area contributed by atoms with Crippen LogP contribution in [0.1, 0.15) is 24.4 Å². The second-order valence-electron chi connectivity index (χ2n) is 4.98. The number of ether oxygens (including phenoxy) is 1. The van der Waals surface area contributed by atoms with Gasteiger partial charge in [-0.3, -0.25) is 0 Å². The molecule has 0 aliphatic carbocycles. The number of hydrogen-bond acceptors (Lipinski definition) is 3. The molecule has 20 heavy (non-hydrogen) atoms. The third-order valence-corrected chi connectivity index (χ3v) is 3.57. The van der Waals surface area contributed by atoms with E-state index in [-0.39, 0.29) is 11.9 Å². The lowest BCUT2D eigenvalue weighted by molar-refractivity contribution is 0.313. The predicted molar refractivity (Wildman–Crippen MR) is 74.1 cm³/mol. The lowest BCUT2D eigenvalue weighted by atomic mass is 10.0. The van der Waals surface area contributed by atoms with E-state index in [0.717, 1.165) is 31.5 Å². The lowest BCUT2D eigenvalue weighted by Crippen LogP contribution is -2.25. The van der Waals surface area contributed by atoms with Gasteiger partial charge in [-0.25, -0.2) is 9.37 Å². The van der Waals surface area contributed by atoms with Gasteiger partial charge in [0, 0.05) is 43.2 Å². The smallest absolute Gasteiger partial charge is 0.126 e. The maximum absolute atomic E-state index is 13.3. The Kier molecular flexibility index (Phi) is 3.97. The minimum atomic E-state index is -0.247. The summed E-state index contributed by atoms with van der Waals surface area (Å²) in [4.78, 5) is 4.02. The Morgan fingerprint density at radius 2 is 2.40 bits per heavy atom. The Morgan fingerprint density at radius 1 is 1.45 bits per heavy atom. The SMILES string of the molecule is Fc1ccc2c(c1)OCCCC2NCCn1ccnc1. The first-order valence-electron chi connectivity index (χ1n) is 6.94. The number of nitrogens with zero attached hydrogens (tertiary/aromatic N) is 2. The molecule has 1 aliphatic heterocycles. The highest BCUT2D eigenvalue weighted by molar-refractivity contribution is 5.37. The molecule has 106 valence electrons. The second-order valence-corrected chi connectivity index (χ2v) is 4.98. The van der Waals surface area contributed by atoms with Crippen molar-refractivity contribution >= 4 is 0 Å². The lowest BCUT2D eigenvalue weighted by Gasteiger charge is -2.18. The maximum Gasteiger partial charge on any atom is 0.126 e. The molecule has 5 heteroatoms. The minimum absolute atomic E-state index is 0.219. The molecule has 0 spiro atoms. The van der Waals surface area contributed by atoms with Crippen molar-refractivity contribution < 1.29 is 9.13 Å². The highest BCUT2D eigenvalue weighted by Gasteiger charge is 2.19. The van der Waals surface area contributed by atoms with Gasteiger partial charge in [0.1, 0.15) is 11.6 Å². The Morgan fingerprint density at radius 3 is 3.25 bits per heavy atom. The Hall–Kier alpha value is -1.88. The molecule has 0 saturated carbocycles. The quantitative estimate of drug-likeness (QED) is 0.932. The average molecular weight is 275 g/mol. The first-order valence-corrected chi connectivity index (χ1v) is 6.94. The fourth-order valence-corrected chi connectivity index (χ4v) is 2.55. The van der Waals surface area contributed by atoms with E-state index < -0.39 is 0 Å². The van der Waals surface area contributed by atoms with Gasteiger partial charge >= 0.3 is 0 Å².